The van der Waals surface area contributed by atoms with Crippen molar-refractivity contribution in [2.24, 2.45) is 0 Å². The van der Waals surface area contributed by atoms with E-state index in [0.717, 1.165) is 12.0 Å². The molecule has 3 rings (SSSR count). The molecule has 0 saturated carbocycles. The standard InChI is InChI=1S/C18H14FNO3/c1-11-14(9-10-21)17-15(18(22)23)3-2-4-16(17)20(11)13-7-5-12(19)6-8-13/h2-8,10H,9H2,1H3,(H,22,23). The summed E-state index contributed by atoms with van der Waals surface area (Å²) in [6.45, 7) is 1.83. The summed E-state index contributed by atoms with van der Waals surface area (Å²) in [6.07, 6.45) is 0.885. The van der Waals surface area contributed by atoms with Crippen molar-refractivity contribution in [3.63, 3.8) is 0 Å². The van der Waals surface area contributed by atoms with Gasteiger partial charge in [-0.15, -0.1) is 0 Å². The van der Waals surface area contributed by atoms with E-state index >= 15 is 0 Å². The summed E-state index contributed by atoms with van der Waals surface area (Å²) in [5.74, 6) is -1.39. The van der Waals surface area contributed by atoms with Gasteiger partial charge in [-0.25, -0.2) is 9.18 Å². The van der Waals surface area contributed by atoms with Crippen LogP contribution in [0.5, 0.6) is 0 Å². The Hall–Kier alpha value is -2.95. The first-order valence-corrected chi connectivity index (χ1v) is 7.10. The first-order valence-electron chi connectivity index (χ1n) is 7.10. The number of hydrogen-bond donors (Lipinski definition) is 1. The fraction of sp³-hybridized carbons (Fsp3) is 0.111. The second-order valence-electron chi connectivity index (χ2n) is 5.25. The number of carbonyl (C=O) groups excluding carboxylic acids is 1. The Bertz CT molecular complexity index is 910. The maximum atomic E-state index is 13.2. The van der Waals surface area contributed by atoms with E-state index in [2.05, 4.69) is 0 Å². The topological polar surface area (TPSA) is 59.3 Å². The van der Waals surface area contributed by atoms with Gasteiger partial charge in [-0.1, -0.05) is 6.07 Å². The van der Waals surface area contributed by atoms with Crippen LogP contribution in [0.1, 0.15) is 21.6 Å². The maximum Gasteiger partial charge on any atom is 0.336 e. The number of fused-ring (bicyclic) bond motifs is 1. The van der Waals surface area contributed by atoms with E-state index in [0.29, 0.717) is 22.2 Å². The SMILES string of the molecule is Cc1c(CC=O)c2c(C(=O)O)cccc2n1-c1ccc(F)cc1. The molecule has 3 aromatic rings. The molecule has 0 spiro atoms. The van der Waals surface area contributed by atoms with Gasteiger partial charge in [0.1, 0.15) is 12.1 Å². The third-order valence-electron chi connectivity index (χ3n) is 3.96. The van der Waals surface area contributed by atoms with Gasteiger partial charge in [0.25, 0.3) is 0 Å². The third-order valence-corrected chi connectivity index (χ3v) is 3.96. The highest BCUT2D eigenvalue weighted by atomic mass is 19.1. The van der Waals surface area contributed by atoms with E-state index in [1.807, 2.05) is 11.5 Å². The van der Waals surface area contributed by atoms with Gasteiger partial charge in [-0.2, -0.15) is 0 Å². The minimum Gasteiger partial charge on any atom is -0.478 e. The average Bonchev–Trinajstić information content (AvgIpc) is 2.81. The monoisotopic (exact) mass is 311 g/mol. The lowest BCUT2D eigenvalue weighted by molar-refractivity contribution is -0.107. The van der Waals surface area contributed by atoms with Crippen LogP contribution < -0.4 is 0 Å². The Morgan fingerprint density at radius 3 is 2.52 bits per heavy atom. The van der Waals surface area contributed by atoms with Crippen molar-refractivity contribution >= 4 is 23.2 Å². The molecule has 4 nitrogen and oxygen atoms in total. The summed E-state index contributed by atoms with van der Waals surface area (Å²) < 4.78 is 15.0. The van der Waals surface area contributed by atoms with Crippen molar-refractivity contribution in [2.45, 2.75) is 13.3 Å². The van der Waals surface area contributed by atoms with Crippen molar-refractivity contribution in [2.75, 3.05) is 0 Å². The summed E-state index contributed by atoms with van der Waals surface area (Å²) in [5, 5.41) is 9.99. The minimum absolute atomic E-state index is 0.126. The Balaban J connectivity index is 2.41. The molecule has 1 N–H and O–H groups in total. The molecule has 2 aromatic carbocycles. The fourth-order valence-electron chi connectivity index (χ4n) is 2.97. The number of benzene rings is 2. The van der Waals surface area contributed by atoms with Gasteiger partial charge in [0, 0.05) is 23.2 Å². The first kappa shape index (κ1) is 15.0. The molecule has 0 unspecified atom stereocenters. The van der Waals surface area contributed by atoms with Crippen molar-refractivity contribution in [3.05, 3.63) is 65.1 Å². The number of aromatic nitrogens is 1. The molecular formula is C18H14FNO3. The van der Waals surface area contributed by atoms with Crippen molar-refractivity contribution in [1.82, 2.24) is 4.57 Å². The number of carbonyl (C=O) groups is 2. The lowest BCUT2D eigenvalue weighted by Crippen LogP contribution is -1.98. The lowest BCUT2D eigenvalue weighted by atomic mass is 10.0. The second-order valence-corrected chi connectivity index (χ2v) is 5.25. The number of rotatable bonds is 4. The number of aldehydes is 1. The van der Waals surface area contributed by atoms with E-state index in [-0.39, 0.29) is 17.8 Å². The largest absolute Gasteiger partial charge is 0.478 e. The highest BCUT2D eigenvalue weighted by Crippen LogP contribution is 2.32. The number of carboxylic acid groups (broad SMARTS) is 1. The molecule has 0 radical (unpaired) electrons. The van der Waals surface area contributed by atoms with Crippen LogP contribution >= 0.6 is 0 Å². The molecule has 0 fully saturated rings. The van der Waals surface area contributed by atoms with Crippen LogP contribution in [0.25, 0.3) is 16.6 Å². The highest BCUT2D eigenvalue weighted by Gasteiger charge is 2.20. The lowest BCUT2D eigenvalue weighted by Gasteiger charge is -2.08. The number of carboxylic acids is 1. The van der Waals surface area contributed by atoms with E-state index in [1.54, 1.807) is 24.3 Å². The molecule has 1 aromatic heterocycles. The summed E-state index contributed by atoms with van der Waals surface area (Å²) in [6, 6.07) is 10.9. The summed E-state index contributed by atoms with van der Waals surface area (Å²) in [7, 11) is 0. The molecular weight excluding hydrogens is 297 g/mol. The summed E-state index contributed by atoms with van der Waals surface area (Å²) in [4.78, 5) is 22.6. The molecule has 0 aliphatic rings. The van der Waals surface area contributed by atoms with Gasteiger partial charge >= 0.3 is 5.97 Å². The number of nitrogens with zero attached hydrogens (tertiary/aromatic N) is 1. The van der Waals surface area contributed by atoms with Crippen LogP contribution in [0, 0.1) is 12.7 Å². The number of hydrogen-bond acceptors (Lipinski definition) is 2. The van der Waals surface area contributed by atoms with Crippen LogP contribution in [0.4, 0.5) is 4.39 Å². The van der Waals surface area contributed by atoms with Gasteiger partial charge in [0.2, 0.25) is 0 Å². The molecule has 0 atom stereocenters. The predicted molar refractivity (Wildman–Crippen MR) is 84.7 cm³/mol. The van der Waals surface area contributed by atoms with Crippen LogP contribution in [0.2, 0.25) is 0 Å². The molecule has 0 aliphatic heterocycles. The van der Waals surface area contributed by atoms with E-state index in [1.165, 1.54) is 18.2 Å². The maximum absolute atomic E-state index is 13.2. The van der Waals surface area contributed by atoms with E-state index in [9.17, 15) is 19.1 Å². The third kappa shape index (κ3) is 2.40. The van der Waals surface area contributed by atoms with Gasteiger partial charge in [-0.3, -0.25) is 0 Å². The highest BCUT2D eigenvalue weighted by molar-refractivity contribution is 6.06. The zero-order chi connectivity index (χ0) is 16.6. The number of halogens is 1. The van der Waals surface area contributed by atoms with Crippen molar-refractivity contribution < 1.29 is 19.1 Å². The van der Waals surface area contributed by atoms with Gasteiger partial charge in [-0.05, 0) is 48.9 Å². The molecule has 23 heavy (non-hydrogen) atoms. The number of aromatic carboxylic acids is 1. The Morgan fingerprint density at radius 1 is 1.22 bits per heavy atom. The van der Waals surface area contributed by atoms with Gasteiger partial charge in [0.05, 0.1) is 11.1 Å². The van der Waals surface area contributed by atoms with Gasteiger partial charge < -0.3 is 14.5 Å². The van der Waals surface area contributed by atoms with E-state index < -0.39 is 5.97 Å². The van der Waals surface area contributed by atoms with E-state index in [4.69, 9.17) is 0 Å². The van der Waals surface area contributed by atoms with Crippen molar-refractivity contribution in [3.8, 4) is 5.69 Å². The van der Waals surface area contributed by atoms with Crippen LogP contribution in [0.3, 0.4) is 0 Å². The van der Waals surface area contributed by atoms with Crippen LogP contribution in [0.15, 0.2) is 42.5 Å². The smallest absolute Gasteiger partial charge is 0.336 e. The Morgan fingerprint density at radius 2 is 1.91 bits per heavy atom. The molecule has 0 amide bonds. The van der Waals surface area contributed by atoms with Crippen molar-refractivity contribution in [1.29, 1.82) is 0 Å². The van der Waals surface area contributed by atoms with Crippen LogP contribution in [-0.2, 0) is 11.2 Å². The first-order chi connectivity index (χ1) is 11.0. The Labute approximate surface area is 131 Å². The van der Waals surface area contributed by atoms with Crippen LogP contribution in [-0.4, -0.2) is 21.9 Å². The molecule has 0 bridgehead atoms. The normalized spacial score (nSPS) is 10.9. The van der Waals surface area contributed by atoms with Gasteiger partial charge in [0.15, 0.2) is 0 Å². The summed E-state index contributed by atoms with van der Waals surface area (Å²) >= 11 is 0. The molecule has 116 valence electrons. The average molecular weight is 311 g/mol. The molecule has 1 heterocycles. The minimum atomic E-state index is -1.04. The second kappa shape index (κ2) is 5.68. The molecule has 5 heteroatoms. The summed E-state index contributed by atoms with van der Waals surface area (Å²) in [5.41, 5.74) is 3.01. The predicted octanol–water partition coefficient (Wildman–Crippen LogP) is 3.52. The molecule has 0 aliphatic carbocycles. The zero-order valence-electron chi connectivity index (χ0n) is 12.4. The molecule has 0 saturated heterocycles. The quantitative estimate of drug-likeness (QED) is 0.750. The zero-order valence-corrected chi connectivity index (χ0v) is 12.4. The Kier molecular flexibility index (Phi) is 3.70. The fourth-order valence-corrected chi connectivity index (χ4v) is 2.97.